The molecule has 1 N–H and O–H groups in total. The van der Waals surface area contributed by atoms with Crippen molar-refractivity contribution >= 4 is 11.0 Å². The molecule has 1 aromatic carbocycles. The number of benzene rings is 1. The van der Waals surface area contributed by atoms with Gasteiger partial charge < -0.3 is 5.32 Å². The van der Waals surface area contributed by atoms with Gasteiger partial charge in [0, 0.05) is 20.1 Å². The van der Waals surface area contributed by atoms with Gasteiger partial charge in [-0.15, -0.1) is 0 Å². The lowest BCUT2D eigenvalue weighted by molar-refractivity contribution is 0.465. The molecule has 1 unspecified atom stereocenters. The first-order chi connectivity index (χ1) is 9.45. The molecule has 1 aromatic heterocycles. The molecule has 4 heteroatoms. The van der Waals surface area contributed by atoms with Crippen LogP contribution in [0.1, 0.15) is 38.3 Å². The van der Waals surface area contributed by atoms with E-state index in [1.165, 1.54) is 12.0 Å². The summed E-state index contributed by atoms with van der Waals surface area (Å²) in [6.07, 6.45) is 2.30. The minimum Gasteiger partial charge on any atom is -0.313 e. The molecule has 0 bridgehead atoms. The molecule has 110 valence electrons. The van der Waals surface area contributed by atoms with Crippen LogP contribution in [0.5, 0.6) is 0 Å². The molecule has 0 saturated heterocycles. The summed E-state index contributed by atoms with van der Waals surface area (Å²) in [5.74, 6) is 0.704. The summed E-state index contributed by atoms with van der Waals surface area (Å²) in [6.45, 7) is 4.49. The van der Waals surface area contributed by atoms with Crippen molar-refractivity contribution in [2.24, 2.45) is 20.0 Å². The van der Waals surface area contributed by atoms with E-state index in [2.05, 4.69) is 31.3 Å². The summed E-state index contributed by atoms with van der Waals surface area (Å²) >= 11 is 0. The fourth-order valence-electron chi connectivity index (χ4n) is 2.72. The molecule has 0 radical (unpaired) electrons. The summed E-state index contributed by atoms with van der Waals surface area (Å²) < 4.78 is 3.41. The van der Waals surface area contributed by atoms with Crippen molar-refractivity contribution < 1.29 is 0 Å². The largest absolute Gasteiger partial charge is 0.328 e. The number of aryl methyl sites for hydroxylation is 2. The summed E-state index contributed by atoms with van der Waals surface area (Å²) in [4.78, 5) is 12.0. The number of imidazole rings is 1. The smallest absolute Gasteiger partial charge is 0.313 e. The fraction of sp³-hybridized carbons (Fsp3) is 0.562. The zero-order valence-corrected chi connectivity index (χ0v) is 13.1. The Hall–Kier alpha value is -1.55. The van der Waals surface area contributed by atoms with Gasteiger partial charge in [0.15, 0.2) is 0 Å². The van der Waals surface area contributed by atoms with E-state index in [1.807, 2.05) is 27.2 Å². The molecular weight excluding hydrogens is 250 g/mol. The zero-order chi connectivity index (χ0) is 14.9. The van der Waals surface area contributed by atoms with Crippen LogP contribution in [0.3, 0.4) is 0 Å². The molecule has 0 aliphatic carbocycles. The summed E-state index contributed by atoms with van der Waals surface area (Å²) in [5, 5.41) is 3.39. The van der Waals surface area contributed by atoms with E-state index in [-0.39, 0.29) is 5.69 Å². The van der Waals surface area contributed by atoms with Crippen LogP contribution in [0.15, 0.2) is 23.0 Å². The van der Waals surface area contributed by atoms with Gasteiger partial charge in [-0.1, -0.05) is 19.9 Å². The normalized spacial score (nSPS) is 13.3. The van der Waals surface area contributed by atoms with Crippen LogP contribution in [0.4, 0.5) is 0 Å². The number of hydrogen-bond acceptors (Lipinski definition) is 2. The highest BCUT2D eigenvalue weighted by Crippen LogP contribution is 2.24. The average molecular weight is 275 g/mol. The molecule has 0 amide bonds. The van der Waals surface area contributed by atoms with Crippen molar-refractivity contribution in [3.05, 3.63) is 34.2 Å². The molecule has 0 saturated carbocycles. The monoisotopic (exact) mass is 275 g/mol. The molecule has 0 aliphatic heterocycles. The van der Waals surface area contributed by atoms with E-state index < -0.39 is 0 Å². The Morgan fingerprint density at radius 3 is 2.35 bits per heavy atom. The van der Waals surface area contributed by atoms with Crippen LogP contribution in [0.2, 0.25) is 0 Å². The van der Waals surface area contributed by atoms with Crippen LogP contribution in [-0.4, -0.2) is 16.2 Å². The first kappa shape index (κ1) is 14.9. The number of hydrogen-bond donors (Lipinski definition) is 1. The van der Waals surface area contributed by atoms with E-state index >= 15 is 0 Å². The van der Waals surface area contributed by atoms with Crippen molar-refractivity contribution in [1.82, 2.24) is 14.5 Å². The predicted molar refractivity (Wildman–Crippen MR) is 84.0 cm³/mol. The third-order valence-electron chi connectivity index (χ3n) is 4.08. The van der Waals surface area contributed by atoms with Gasteiger partial charge in [0.25, 0.3) is 0 Å². The Morgan fingerprint density at radius 2 is 1.75 bits per heavy atom. The van der Waals surface area contributed by atoms with Crippen molar-refractivity contribution in [2.45, 2.75) is 32.7 Å². The van der Waals surface area contributed by atoms with Crippen molar-refractivity contribution in [3.63, 3.8) is 0 Å². The minimum absolute atomic E-state index is 0.0281. The van der Waals surface area contributed by atoms with Crippen molar-refractivity contribution in [3.8, 4) is 0 Å². The predicted octanol–water partition coefficient (Wildman–Crippen LogP) is 2.57. The van der Waals surface area contributed by atoms with Gasteiger partial charge in [0.1, 0.15) is 0 Å². The van der Waals surface area contributed by atoms with Crippen molar-refractivity contribution in [1.29, 1.82) is 0 Å². The molecule has 0 aliphatic rings. The van der Waals surface area contributed by atoms with Gasteiger partial charge in [-0.2, -0.15) is 0 Å². The molecule has 1 heterocycles. The highest BCUT2D eigenvalue weighted by molar-refractivity contribution is 5.77. The van der Waals surface area contributed by atoms with Crippen molar-refractivity contribution in [2.75, 3.05) is 7.05 Å². The van der Waals surface area contributed by atoms with Gasteiger partial charge in [0.05, 0.1) is 11.0 Å². The molecule has 0 spiro atoms. The fourth-order valence-corrected chi connectivity index (χ4v) is 2.72. The number of rotatable bonds is 5. The highest BCUT2D eigenvalue weighted by Gasteiger charge is 2.13. The summed E-state index contributed by atoms with van der Waals surface area (Å²) in [6, 6.07) is 6.66. The maximum atomic E-state index is 12.0. The van der Waals surface area contributed by atoms with Crippen LogP contribution >= 0.6 is 0 Å². The summed E-state index contributed by atoms with van der Waals surface area (Å²) in [5.41, 5.74) is 3.27. The second-order valence-corrected chi connectivity index (χ2v) is 5.96. The molecular formula is C16H25N3O. The maximum Gasteiger partial charge on any atom is 0.328 e. The molecule has 1 atom stereocenters. The topological polar surface area (TPSA) is 39.0 Å². The van der Waals surface area contributed by atoms with Gasteiger partial charge in [-0.05, 0) is 43.5 Å². The first-order valence-electron chi connectivity index (χ1n) is 7.28. The SMILES string of the molecule is CNC(CCC(C)C)c1ccc2c(c1)n(C)c(=O)n2C. The Morgan fingerprint density at radius 1 is 1.10 bits per heavy atom. The van der Waals surface area contributed by atoms with Gasteiger partial charge >= 0.3 is 5.69 Å². The third-order valence-corrected chi connectivity index (χ3v) is 4.08. The lowest BCUT2D eigenvalue weighted by atomic mass is 9.97. The highest BCUT2D eigenvalue weighted by atomic mass is 16.1. The van der Waals surface area contributed by atoms with E-state index in [9.17, 15) is 4.79 Å². The minimum atomic E-state index is 0.0281. The zero-order valence-electron chi connectivity index (χ0n) is 13.1. The van der Waals surface area contributed by atoms with Gasteiger partial charge in [0.2, 0.25) is 0 Å². The quantitative estimate of drug-likeness (QED) is 0.911. The van der Waals surface area contributed by atoms with Gasteiger partial charge in [-0.3, -0.25) is 9.13 Å². The molecule has 2 aromatic rings. The number of fused-ring (bicyclic) bond motifs is 1. The average Bonchev–Trinajstić information content (AvgIpc) is 2.64. The van der Waals surface area contributed by atoms with Crippen LogP contribution < -0.4 is 11.0 Å². The van der Waals surface area contributed by atoms with Gasteiger partial charge in [-0.25, -0.2) is 4.79 Å². The van der Waals surface area contributed by atoms with Crippen LogP contribution in [0.25, 0.3) is 11.0 Å². The molecule has 0 fully saturated rings. The Labute approximate surface area is 120 Å². The Kier molecular flexibility index (Phi) is 4.33. The molecule has 20 heavy (non-hydrogen) atoms. The van der Waals surface area contributed by atoms with E-state index in [0.29, 0.717) is 12.0 Å². The first-order valence-corrected chi connectivity index (χ1v) is 7.28. The second-order valence-electron chi connectivity index (χ2n) is 5.96. The van der Waals surface area contributed by atoms with Crippen LogP contribution in [0, 0.1) is 5.92 Å². The molecule has 2 rings (SSSR count). The standard InChI is InChI=1S/C16H25N3O/c1-11(2)6-8-13(17-3)12-7-9-14-15(10-12)19(5)16(20)18(14)4/h7,9-11,13,17H,6,8H2,1-5H3. The molecule has 4 nitrogen and oxygen atoms in total. The number of aromatic nitrogens is 2. The maximum absolute atomic E-state index is 12.0. The van der Waals surface area contributed by atoms with Crippen LogP contribution in [-0.2, 0) is 14.1 Å². The van der Waals surface area contributed by atoms with E-state index in [1.54, 1.807) is 9.13 Å². The Bertz CT molecular complexity index is 652. The lowest BCUT2D eigenvalue weighted by Crippen LogP contribution is -2.19. The Balaban J connectivity index is 2.39. The summed E-state index contributed by atoms with van der Waals surface area (Å²) in [7, 11) is 5.65. The number of nitrogens with one attached hydrogen (secondary N) is 1. The lowest BCUT2D eigenvalue weighted by Gasteiger charge is -2.18. The van der Waals surface area contributed by atoms with E-state index in [0.717, 1.165) is 17.5 Å². The number of nitrogens with zero attached hydrogens (tertiary/aromatic N) is 2. The third kappa shape index (κ3) is 2.66. The van der Waals surface area contributed by atoms with E-state index in [4.69, 9.17) is 0 Å². The second kappa shape index (κ2) is 5.83.